The molecule has 1 aromatic carbocycles. The van der Waals surface area contributed by atoms with Crippen molar-refractivity contribution in [2.45, 2.75) is 57.9 Å². The minimum Gasteiger partial charge on any atom is -0.508 e. The average molecular weight is 416 g/mol. The van der Waals surface area contributed by atoms with Crippen LogP contribution < -0.4 is 5.73 Å². The molecule has 6 heteroatoms. The van der Waals surface area contributed by atoms with E-state index in [4.69, 9.17) is 10.6 Å². The Balaban J connectivity index is 0.000000248. The maximum absolute atomic E-state index is 10.6. The van der Waals surface area contributed by atoms with E-state index in [-0.39, 0.29) is 0 Å². The van der Waals surface area contributed by atoms with Crippen LogP contribution in [0, 0.1) is 12.8 Å². The number of aromatic hydroxyl groups is 1. The second-order valence-corrected chi connectivity index (χ2v) is 8.29. The molecule has 6 nitrogen and oxygen atoms in total. The van der Waals surface area contributed by atoms with Gasteiger partial charge in [-0.25, -0.2) is 5.06 Å². The number of carbonyl (C=O) groups excluding carboxylic acids is 1. The SMILES string of the molecule is C=C(N)N1CCC(CCc2cc(C)cc(O)c2)CO1.C=CCN(C=O)C1CCCC1. The average Bonchev–Trinajstić information content (AvgIpc) is 3.25. The quantitative estimate of drug-likeness (QED) is 0.497. The number of nitrogens with zero attached hydrogens (tertiary/aromatic N) is 2. The van der Waals surface area contributed by atoms with Gasteiger partial charge >= 0.3 is 0 Å². The van der Waals surface area contributed by atoms with Crippen LogP contribution in [-0.4, -0.2) is 47.2 Å². The summed E-state index contributed by atoms with van der Waals surface area (Å²) in [6, 6.07) is 6.23. The Bertz CT molecular complexity index is 673. The summed E-state index contributed by atoms with van der Waals surface area (Å²) in [5.74, 6) is 1.36. The van der Waals surface area contributed by atoms with Crippen LogP contribution in [0.1, 0.15) is 49.7 Å². The minimum atomic E-state index is 0.348. The van der Waals surface area contributed by atoms with Gasteiger partial charge in [0.15, 0.2) is 0 Å². The van der Waals surface area contributed by atoms with Gasteiger partial charge in [-0.3, -0.25) is 9.63 Å². The lowest BCUT2D eigenvalue weighted by Gasteiger charge is -2.32. The van der Waals surface area contributed by atoms with Crippen molar-refractivity contribution in [1.29, 1.82) is 0 Å². The van der Waals surface area contributed by atoms with Crippen LogP contribution >= 0.6 is 0 Å². The molecule has 1 atom stereocenters. The molecule has 0 radical (unpaired) electrons. The lowest BCUT2D eigenvalue weighted by Crippen LogP contribution is -2.36. The van der Waals surface area contributed by atoms with Crippen molar-refractivity contribution in [2.24, 2.45) is 11.7 Å². The predicted molar refractivity (Wildman–Crippen MR) is 120 cm³/mol. The molecule has 1 aliphatic heterocycles. The van der Waals surface area contributed by atoms with Crippen molar-refractivity contribution in [3.05, 3.63) is 54.4 Å². The second kappa shape index (κ2) is 12.3. The molecule has 166 valence electrons. The molecule has 1 unspecified atom stereocenters. The third-order valence-electron chi connectivity index (χ3n) is 5.76. The molecular formula is C24H37N3O3. The number of rotatable bonds is 8. The van der Waals surface area contributed by atoms with Gasteiger partial charge in [0, 0.05) is 19.1 Å². The molecule has 0 aromatic heterocycles. The molecule has 3 rings (SSSR count). The van der Waals surface area contributed by atoms with Crippen molar-refractivity contribution < 1.29 is 14.7 Å². The summed E-state index contributed by atoms with van der Waals surface area (Å²) in [6.45, 7) is 11.5. The third kappa shape index (κ3) is 7.75. The molecule has 3 N–H and O–H groups in total. The number of phenolic OH excluding ortho intramolecular Hbond substituents is 1. The standard InChI is InChI=1S/C15H22N2O2.C9H15NO/c1-11-7-14(9-15(18)8-11)4-3-13-5-6-17(12(2)16)19-10-13;1-2-7-10(8-11)9-5-3-4-6-9/h7-9,13,18H,2-6,10,16H2,1H3;2,8-9H,1,3-7H2. The Morgan fingerprint density at radius 1 is 1.33 bits per heavy atom. The zero-order chi connectivity index (χ0) is 21.9. The summed E-state index contributed by atoms with van der Waals surface area (Å²) < 4.78 is 0. The maximum Gasteiger partial charge on any atom is 0.210 e. The van der Waals surface area contributed by atoms with Crippen LogP contribution in [0.2, 0.25) is 0 Å². The van der Waals surface area contributed by atoms with Gasteiger partial charge in [0.1, 0.15) is 11.6 Å². The number of aryl methyl sites for hydroxylation is 2. The smallest absolute Gasteiger partial charge is 0.210 e. The Morgan fingerprint density at radius 2 is 2.07 bits per heavy atom. The first-order valence-corrected chi connectivity index (χ1v) is 10.9. The molecule has 2 aliphatic rings. The molecule has 1 saturated heterocycles. The Morgan fingerprint density at radius 3 is 2.60 bits per heavy atom. The highest BCUT2D eigenvalue weighted by Gasteiger charge is 2.20. The highest BCUT2D eigenvalue weighted by atomic mass is 16.7. The molecule has 0 bridgehead atoms. The van der Waals surface area contributed by atoms with Crippen molar-refractivity contribution >= 4 is 6.41 Å². The number of nitrogens with two attached hydrogens (primary N) is 1. The van der Waals surface area contributed by atoms with Gasteiger partial charge in [-0.15, -0.1) is 6.58 Å². The van der Waals surface area contributed by atoms with Gasteiger partial charge in [-0.1, -0.05) is 31.6 Å². The summed E-state index contributed by atoms with van der Waals surface area (Å²) in [7, 11) is 0. The Kier molecular flexibility index (Phi) is 9.74. The number of hydroxylamine groups is 2. The van der Waals surface area contributed by atoms with Gasteiger partial charge in [0.25, 0.3) is 0 Å². The number of phenols is 1. The van der Waals surface area contributed by atoms with Crippen molar-refractivity contribution in [1.82, 2.24) is 9.96 Å². The zero-order valence-electron chi connectivity index (χ0n) is 18.3. The first kappa shape index (κ1) is 23.8. The maximum atomic E-state index is 10.6. The molecule has 1 heterocycles. The zero-order valence-corrected chi connectivity index (χ0v) is 18.3. The van der Waals surface area contributed by atoms with Gasteiger partial charge in [0.05, 0.1) is 6.61 Å². The molecule has 2 fully saturated rings. The second-order valence-electron chi connectivity index (χ2n) is 8.29. The molecule has 1 aliphatic carbocycles. The first-order valence-electron chi connectivity index (χ1n) is 10.9. The summed E-state index contributed by atoms with van der Waals surface area (Å²) in [5, 5.41) is 11.2. The van der Waals surface area contributed by atoms with Crippen molar-refractivity contribution in [3.63, 3.8) is 0 Å². The number of carbonyl (C=O) groups is 1. The van der Waals surface area contributed by atoms with Crippen LogP contribution in [0.4, 0.5) is 0 Å². The van der Waals surface area contributed by atoms with Gasteiger partial charge in [-0.05, 0) is 68.2 Å². The van der Waals surface area contributed by atoms with Crippen LogP contribution in [0.25, 0.3) is 0 Å². The van der Waals surface area contributed by atoms with E-state index in [9.17, 15) is 9.90 Å². The first-order chi connectivity index (χ1) is 14.4. The van der Waals surface area contributed by atoms with Crippen LogP contribution in [0.3, 0.4) is 0 Å². The lowest BCUT2D eigenvalue weighted by molar-refractivity contribution is -0.173. The van der Waals surface area contributed by atoms with E-state index in [0.717, 1.165) is 37.8 Å². The summed E-state index contributed by atoms with van der Waals surface area (Å²) in [6.07, 6.45) is 10.7. The van der Waals surface area contributed by atoms with Crippen molar-refractivity contribution in [2.75, 3.05) is 19.7 Å². The predicted octanol–water partition coefficient (Wildman–Crippen LogP) is 3.89. The number of hydrogen-bond acceptors (Lipinski definition) is 5. The van der Waals surface area contributed by atoms with E-state index in [0.29, 0.717) is 36.7 Å². The highest BCUT2D eigenvalue weighted by Crippen LogP contribution is 2.23. The lowest BCUT2D eigenvalue weighted by atomic mass is 9.95. The van der Waals surface area contributed by atoms with Crippen LogP contribution in [0.5, 0.6) is 5.75 Å². The fourth-order valence-corrected chi connectivity index (χ4v) is 4.12. The number of hydrogen-bond donors (Lipinski definition) is 2. The molecule has 30 heavy (non-hydrogen) atoms. The molecule has 1 amide bonds. The van der Waals surface area contributed by atoms with E-state index < -0.39 is 0 Å². The fourth-order valence-electron chi connectivity index (χ4n) is 4.12. The molecule has 1 aromatic rings. The monoisotopic (exact) mass is 415 g/mol. The van der Waals surface area contributed by atoms with E-state index in [1.165, 1.54) is 31.2 Å². The minimum absolute atomic E-state index is 0.348. The highest BCUT2D eigenvalue weighted by molar-refractivity contribution is 5.48. The largest absolute Gasteiger partial charge is 0.508 e. The normalized spacial score (nSPS) is 19.0. The Labute approximate surface area is 180 Å². The molecular weight excluding hydrogens is 378 g/mol. The summed E-state index contributed by atoms with van der Waals surface area (Å²) in [5.41, 5.74) is 7.87. The Hall–Kier alpha value is -2.47. The molecule has 0 spiro atoms. The van der Waals surface area contributed by atoms with Crippen molar-refractivity contribution in [3.8, 4) is 5.75 Å². The number of amides is 1. The topological polar surface area (TPSA) is 79.0 Å². The summed E-state index contributed by atoms with van der Waals surface area (Å²) >= 11 is 0. The van der Waals surface area contributed by atoms with Gasteiger partial charge < -0.3 is 15.7 Å². The van der Waals surface area contributed by atoms with Gasteiger partial charge in [0.2, 0.25) is 6.41 Å². The molecule has 1 saturated carbocycles. The fraction of sp³-hybridized carbons (Fsp3) is 0.542. The summed E-state index contributed by atoms with van der Waals surface area (Å²) in [4.78, 5) is 18.0. The van der Waals surface area contributed by atoms with Crippen LogP contribution in [-0.2, 0) is 16.1 Å². The van der Waals surface area contributed by atoms with Crippen LogP contribution in [0.15, 0.2) is 43.3 Å². The van der Waals surface area contributed by atoms with E-state index >= 15 is 0 Å². The van der Waals surface area contributed by atoms with Gasteiger partial charge in [-0.2, -0.15) is 0 Å². The third-order valence-corrected chi connectivity index (χ3v) is 5.76. The van der Waals surface area contributed by atoms with E-state index in [1.807, 2.05) is 17.9 Å². The van der Waals surface area contributed by atoms with E-state index in [1.54, 1.807) is 17.2 Å². The number of benzene rings is 1. The van der Waals surface area contributed by atoms with E-state index in [2.05, 4.69) is 19.2 Å².